The molecular formula is C20H27F3N6OS. The molecule has 0 unspecified atom stereocenters. The number of aliphatic hydroxyl groups excluding tert-OH is 1. The molecule has 5 N–H and O–H groups in total. The first-order valence-electron chi connectivity index (χ1n) is 9.96. The van der Waals surface area contributed by atoms with Crippen LogP contribution in [0.5, 0.6) is 0 Å². The molecule has 0 radical (unpaired) electrons. The topological polar surface area (TPSA) is 113 Å². The van der Waals surface area contributed by atoms with Crippen molar-refractivity contribution >= 4 is 24.3 Å². The van der Waals surface area contributed by atoms with Gasteiger partial charge in [-0.1, -0.05) is 11.8 Å². The van der Waals surface area contributed by atoms with Crippen LogP contribution < -0.4 is 11.5 Å². The van der Waals surface area contributed by atoms with E-state index in [1.807, 2.05) is 0 Å². The second kappa shape index (κ2) is 9.17. The van der Waals surface area contributed by atoms with Crippen molar-refractivity contribution in [3.63, 3.8) is 0 Å². The molecule has 1 aliphatic carbocycles. The van der Waals surface area contributed by atoms with E-state index in [0.717, 1.165) is 30.8 Å². The first-order valence-corrected chi connectivity index (χ1v) is 10.8. The molecule has 11 heteroatoms. The lowest BCUT2D eigenvalue weighted by molar-refractivity contribution is -0.143. The Bertz CT molecular complexity index is 880. The van der Waals surface area contributed by atoms with Crippen LogP contribution in [0.4, 0.5) is 13.2 Å². The number of thioether (sulfide) groups is 1. The molecule has 1 aromatic rings. The van der Waals surface area contributed by atoms with Gasteiger partial charge in [0.1, 0.15) is 10.9 Å². The summed E-state index contributed by atoms with van der Waals surface area (Å²) >= 11 is 0.728. The standard InChI is InChI=1S/C20H27F3N6OS/c1-12(29-8-5-19(6-9-29)11-13(30)10-15(19)24)28-17(25)18(26-2)31-14-4-3-7-27-16(14)20(21,22)23/h3-4,7,13,15,30H,2,5-6,8-11,24-25H2,1H3/b18-17+,28-12?/t13-,15+/m0/s1. The number of aliphatic hydroxyl groups is 1. The molecular weight excluding hydrogens is 429 g/mol. The minimum Gasteiger partial charge on any atom is -0.393 e. The number of hydrogen-bond acceptors (Lipinski definition) is 7. The first-order chi connectivity index (χ1) is 14.6. The Morgan fingerprint density at radius 2 is 2.06 bits per heavy atom. The number of likely N-dealkylation sites (tertiary alicyclic amines) is 1. The second-order valence-electron chi connectivity index (χ2n) is 8.01. The van der Waals surface area contributed by atoms with Crippen molar-refractivity contribution in [2.75, 3.05) is 13.1 Å². The Hall–Kier alpha value is -2.11. The summed E-state index contributed by atoms with van der Waals surface area (Å²) in [4.78, 5) is 13.5. The van der Waals surface area contributed by atoms with Crippen molar-refractivity contribution in [2.24, 2.45) is 26.9 Å². The van der Waals surface area contributed by atoms with Gasteiger partial charge in [0.15, 0.2) is 11.5 Å². The Kier molecular flexibility index (Phi) is 6.97. The van der Waals surface area contributed by atoms with Gasteiger partial charge in [-0.05, 0) is 56.9 Å². The SMILES string of the molecule is C=N/C(Sc1cccnc1C(F)(F)F)=C(/N)N=C(C)N1CCC2(CC1)C[C@@H](O)C[C@H]2N. The molecule has 1 saturated heterocycles. The van der Waals surface area contributed by atoms with Crippen LogP contribution in [0.1, 0.15) is 38.3 Å². The highest BCUT2D eigenvalue weighted by atomic mass is 32.2. The fraction of sp³-hybridized carbons (Fsp3) is 0.550. The minimum absolute atomic E-state index is 0.0113. The summed E-state index contributed by atoms with van der Waals surface area (Å²) in [5, 5.41) is 10.0. The lowest BCUT2D eigenvalue weighted by atomic mass is 9.74. The quantitative estimate of drug-likeness (QED) is 0.365. The molecule has 1 saturated carbocycles. The maximum absolute atomic E-state index is 13.2. The number of hydrogen-bond donors (Lipinski definition) is 3. The zero-order chi connectivity index (χ0) is 22.8. The molecule has 1 aromatic heterocycles. The molecule has 1 spiro atoms. The van der Waals surface area contributed by atoms with Gasteiger partial charge in [0.05, 0.1) is 6.10 Å². The van der Waals surface area contributed by atoms with Gasteiger partial charge in [-0.3, -0.25) is 9.98 Å². The van der Waals surface area contributed by atoms with E-state index in [1.54, 1.807) is 6.92 Å². The van der Waals surface area contributed by atoms with Crippen molar-refractivity contribution in [3.8, 4) is 0 Å². The summed E-state index contributed by atoms with van der Waals surface area (Å²) < 4.78 is 39.6. The third-order valence-electron chi connectivity index (χ3n) is 6.06. The molecule has 170 valence electrons. The van der Waals surface area contributed by atoms with Crippen LogP contribution in [-0.2, 0) is 6.18 Å². The summed E-state index contributed by atoms with van der Waals surface area (Å²) in [6, 6.07) is 2.71. The molecule has 2 heterocycles. The zero-order valence-electron chi connectivity index (χ0n) is 17.3. The van der Waals surface area contributed by atoms with E-state index in [9.17, 15) is 18.3 Å². The Labute approximate surface area is 183 Å². The van der Waals surface area contributed by atoms with Crippen LogP contribution in [-0.4, -0.2) is 52.8 Å². The van der Waals surface area contributed by atoms with Gasteiger partial charge in [0.25, 0.3) is 0 Å². The second-order valence-corrected chi connectivity index (χ2v) is 9.04. The molecule has 0 bridgehead atoms. The molecule has 3 rings (SSSR count). The maximum Gasteiger partial charge on any atom is 0.434 e. The minimum atomic E-state index is -4.59. The van der Waals surface area contributed by atoms with Crippen molar-refractivity contribution in [1.29, 1.82) is 0 Å². The highest BCUT2D eigenvalue weighted by Gasteiger charge is 2.46. The number of aromatic nitrogens is 1. The van der Waals surface area contributed by atoms with Crippen LogP contribution in [0.15, 0.2) is 44.1 Å². The number of halogens is 3. The number of rotatable bonds is 4. The van der Waals surface area contributed by atoms with Crippen LogP contribution >= 0.6 is 11.8 Å². The van der Waals surface area contributed by atoms with Gasteiger partial charge >= 0.3 is 6.18 Å². The van der Waals surface area contributed by atoms with Gasteiger partial charge in [0, 0.05) is 30.2 Å². The van der Waals surface area contributed by atoms with Crippen molar-refractivity contribution in [2.45, 2.75) is 55.8 Å². The first kappa shape index (κ1) is 23.6. The fourth-order valence-electron chi connectivity index (χ4n) is 4.35. The average molecular weight is 457 g/mol. The smallest absolute Gasteiger partial charge is 0.393 e. The van der Waals surface area contributed by atoms with Crippen LogP contribution in [0.2, 0.25) is 0 Å². The van der Waals surface area contributed by atoms with Crippen molar-refractivity contribution in [3.05, 3.63) is 34.9 Å². The molecule has 31 heavy (non-hydrogen) atoms. The lowest BCUT2D eigenvalue weighted by Gasteiger charge is -2.42. The van der Waals surface area contributed by atoms with Gasteiger partial charge in [0.2, 0.25) is 0 Å². The van der Waals surface area contributed by atoms with Crippen LogP contribution in [0.3, 0.4) is 0 Å². The van der Waals surface area contributed by atoms with E-state index in [-0.39, 0.29) is 33.3 Å². The van der Waals surface area contributed by atoms with Gasteiger partial charge in [-0.2, -0.15) is 13.2 Å². The lowest BCUT2D eigenvalue weighted by Crippen LogP contribution is -2.48. The highest BCUT2D eigenvalue weighted by Crippen LogP contribution is 2.45. The van der Waals surface area contributed by atoms with Crippen LogP contribution in [0.25, 0.3) is 0 Å². The number of alkyl halides is 3. The van der Waals surface area contributed by atoms with Gasteiger partial charge in [-0.25, -0.2) is 4.99 Å². The summed E-state index contributed by atoms with van der Waals surface area (Å²) in [6.07, 6.45) is -0.829. The molecule has 0 amide bonds. The van der Waals surface area contributed by atoms with Crippen molar-refractivity contribution < 1.29 is 18.3 Å². The summed E-state index contributed by atoms with van der Waals surface area (Å²) in [6.45, 7) is 6.65. The highest BCUT2D eigenvalue weighted by molar-refractivity contribution is 8.03. The normalized spacial score (nSPS) is 25.0. The number of aliphatic imine (C=N–C) groups is 2. The van der Waals surface area contributed by atoms with E-state index in [1.165, 1.54) is 12.1 Å². The third kappa shape index (κ3) is 5.21. The molecule has 2 fully saturated rings. The largest absolute Gasteiger partial charge is 0.434 e. The number of amidine groups is 1. The number of pyridine rings is 1. The summed E-state index contributed by atoms with van der Waals surface area (Å²) in [5.41, 5.74) is 11.3. The molecule has 2 atom stereocenters. The predicted octanol–water partition coefficient (Wildman–Crippen LogP) is 2.96. The van der Waals surface area contributed by atoms with E-state index >= 15 is 0 Å². The third-order valence-corrected chi connectivity index (χ3v) is 7.14. The van der Waals surface area contributed by atoms with Gasteiger partial charge in [-0.15, -0.1) is 0 Å². The molecule has 2 aliphatic rings. The Morgan fingerprint density at radius 1 is 1.39 bits per heavy atom. The summed E-state index contributed by atoms with van der Waals surface area (Å²) in [5.74, 6) is 0.631. The van der Waals surface area contributed by atoms with Gasteiger partial charge < -0.3 is 21.5 Å². The van der Waals surface area contributed by atoms with E-state index in [4.69, 9.17) is 11.5 Å². The van der Waals surface area contributed by atoms with E-state index in [0.29, 0.717) is 31.8 Å². The molecule has 0 aromatic carbocycles. The molecule has 1 aliphatic heterocycles. The monoisotopic (exact) mass is 456 g/mol. The Balaban J connectivity index is 1.74. The predicted molar refractivity (Wildman–Crippen MR) is 115 cm³/mol. The number of piperidine rings is 1. The molecule has 7 nitrogen and oxygen atoms in total. The number of nitrogens with zero attached hydrogens (tertiary/aromatic N) is 4. The fourth-order valence-corrected chi connectivity index (χ4v) is 5.18. The Morgan fingerprint density at radius 3 is 2.61 bits per heavy atom. The zero-order valence-corrected chi connectivity index (χ0v) is 18.1. The maximum atomic E-state index is 13.2. The average Bonchev–Trinajstić information content (AvgIpc) is 2.98. The van der Waals surface area contributed by atoms with Crippen LogP contribution in [0, 0.1) is 5.41 Å². The number of nitrogens with two attached hydrogens (primary N) is 2. The summed E-state index contributed by atoms with van der Waals surface area (Å²) in [7, 11) is 0. The van der Waals surface area contributed by atoms with E-state index < -0.39 is 11.9 Å². The van der Waals surface area contributed by atoms with E-state index in [2.05, 4.69) is 26.6 Å². The van der Waals surface area contributed by atoms with Crippen molar-refractivity contribution in [1.82, 2.24) is 9.88 Å².